The van der Waals surface area contributed by atoms with Crippen LogP contribution in [0.1, 0.15) is 6.92 Å². The molecule has 0 spiro atoms. The molecule has 0 N–H and O–H groups in total. The van der Waals surface area contributed by atoms with Crippen molar-refractivity contribution in [2.24, 2.45) is 17.8 Å². The van der Waals surface area contributed by atoms with Crippen molar-refractivity contribution < 1.29 is 17.9 Å². The van der Waals surface area contributed by atoms with Crippen LogP contribution in [0.4, 0.5) is 13.2 Å². The number of alkyl halides is 3. The van der Waals surface area contributed by atoms with Crippen LogP contribution in [0.2, 0.25) is 0 Å². The fourth-order valence-electron chi connectivity index (χ4n) is 2.62. The summed E-state index contributed by atoms with van der Waals surface area (Å²) < 4.78 is 41.5. The summed E-state index contributed by atoms with van der Waals surface area (Å²) in [5, 5.41) is 0. The van der Waals surface area contributed by atoms with E-state index in [0.29, 0.717) is 37.5 Å². The topological polar surface area (TPSA) is 12.5 Å². The summed E-state index contributed by atoms with van der Waals surface area (Å²) in [5.74, 6) is 1.44. The van der Waals surface area contributed by atoms with Gasteiger partial charge in [-0.1, -0.05) is 0 Å². The van der Waals surface area contributed by atoms with Crippen molar-refractivity contribution in [3.8, 4) is 0 Å². The van der Waals surface area contributed by atoms with E-state index in [0.717, 1.165) is 6.61 Å². The summed E-state index contributed by atoms with van der Waals surface area (Å²) in [6, 6.07) is 0. The van der Waals surface area contributed by atoms with E-state index >= 15 is 0 Å². The van der Waals surface area contributed by atoms with Gasteiger partial charge in [-0.3, -0.25) is 4.90 Å². The zero-order valence-corrected chi connectivity index (χ0v) is 8.76. The minimum absolute atomic E-state index is 0.457. The fourth-order valence-corrected chi connectivity index (χ4v) is 2.62. The van der Waals surface area contributed by atoms with E-state index < -0.39 is 12.7 Å². The van der Waals surface area contributed by atoms with Crippen LogP contribution in [0.25, 0.3) is 0 Å². The number of ether oxygens (including phenoxy) is 1. The summed E-state index contributed by atoms with van der Waals surface area (Å²) >= 11 is 0. The highest BCUT2D eigenvalue weighted by Gasteiger charge is 2.56. The summed E-state index contributed by atoms with van der Waals surface area (Å²) in [6.07, 6.45) is -4.05. The molecule has 1 heterocycles. The van der Waals surface area contributed by atoms with Crippen molar-refractivity contribution in [1.29, 1.82) is 0 Å². The average molecular weight is 223 g/mol. The molecule has 0 aromatic carbocycles. The molecule has 2 aliphatic rings. The number of piperidine rings is 1. The van der Waals surface area contributed by atoms with Crippen molar-refractivity contribution in [2.45, 2.75) is 13.1 Å². The van der Waals surface area contributed by atoms with Gasteiger partial charge in [0.15, 0.2) is 0 Å². The van der Waals surface area contributed by atoms with Crippen molar-refractivity contribution in [3.63, 3.8) is 0 Å². The lowest BCUT2D eigenvalue weighted by Crippen LogP contribution is -2.34. The highest BCUT2D eigenvalue weighted by atomic mass is 19.4. The predicted molar refractivity (Wildman–Crippen MR) is 49.5 cm³/mol. The third-order valence-corrected chi connectivity index (χ3v) is 3.36. The first kappa shape index (κ1) is 11.2. The van der Waals surface area contributed by atoms with Crippen LogP contribution >= 0.6 is 0 Å². The first-order valence-electron chi connectivity index (χ1n) is 5.38. The zero-order valence-electron chi connectivity index (χ0n) is 8.76. The molecular weight excluding hydrogens is 207 g/mol. The van der Waals surface area contributed by atoms with E-state index in [1.54, 1.807) is 0 Å². The molecule has 0 amide bonds. The lowest BCUT2D eigenvalue weighted by molar-refractivity contribution is -0.145. The van der Waals surface area contributed by atoms with Crippen molar-refractivity contribution >= 4 is 0 Å². The largest absolute Gasteiger partial charge is 0.401 e. The summed E-state index contributed by atoms with van der Waals surface area (Å²) in [4.78, 5) is 1.51. The van der Waals surface area contributed by atoms with Gasteiger partial charge in [0.25, 0.3) is 0 Å². The molecule has 3 atom stereocenters. The van der Waals surface area contributed by atoms with Gasteiger partial charge in [0, 0.05) is 19.7 Å². The molecule has 0 unspecified atom stereocenters. The Morgan fingerprint density at radius 1 is 1.27 bits per heavy atom. The van der Waals surface area contributed by atoms with Gasteiger partial charge in [0.2, 0.25) is 0 Å². The molecular formula is C10H16F3NO. The minimum Gasteiger partial charge on any atom is -0.381 e. The van der Waals surface area contributed by atoms with E-state index in [-0.39, 0.29) is 0 Å². The van der Waals surface area contributed by atoms with Crippen LogP contribution in [0.15, 0.2) is 0 Å². The Kier molecular flexibility index (Phi) is 2.94. The van der Waals surface area contributed by atoms with Crippen molar-refractivity contribution in [3.05, 3.63) is 0 Å². The molecule has 15 heavy (non-hydrogen) atoms. The Morgan fingerprint density at radius 2 is 1.87 bits per heavy atom. The highest BCUT2D eigenvalue weighted by molar-refractivity contribution is 5.05. The molecule has 2 rings (SSSR count). The van der Waals surface area contributed by atoms with E-state index in [1.165, 1.54) is 4.90 Å². The van der Waals surface area contributed by atoms with Crippen LogP contribution in [-0.4, -0.2) is 43.9 Å². The predicted octanol–water partition coefficient (Wildman–Crippen LogP) is 1.76. The molecule has 0 radical (unpaired) electrons. The Hall–Kier alpha value is -0.290. The van der Waals surface area contributed by atoms with E-state index in [9.17, 15) is 13.2 Å². The maximum atomic E-state index is 12.1. The van der Waals surface area contributed by atoms with Gasteiger partial charge in [0.1, 0.15) is 0 Å². The van der Waals surface area contributed by atoms with Gasteiger partial charge in [-0.25, -0.2) is 0 Å². The van der Waals surface area contributed by atoms with Crippen LogP contribution in [0, 0.1) is 17.8 Å². The number of hydrogen-bond donors (Lipinski definition) is 0. The maximum Gasteiger partial charge on any atom is 0.401 e. The Balaban J connectivity index is 1.69. The van der Waals surface area contributed by atoms with Gasteiger partial charge >= 0.3 is 6.18 Å². The molecule has 2 nitrogen and oxygen atoms in total. The number of likely N-dealkylation sites (tertiary alicyclic amines) is 1. The molecule has 5 heteroatoms. The van der Waals surface area contributed by atoms with Gasteiger partial charge < -0.3 is 4.74 Å². The Bertz CT molecular complexity index is 219. The summed E-state index contributed by atoms with van der Waals surface area (Å²) in [6.45, 7) is 3.81. The van der Waals surface area contributed by atoms with Crippen LogP contribution in [0.3, 0.4) is 0 Å². The van der Waals surface area contributed by atoms with Crippen LogP contribution < -0.4 is 0 Å². The maximum absolute atomic E-state index is 12.1. The molecule has 0 bridgehead atoms. The monoisotopic (exact) mass is 223 g/mol. The number of halogens is 3. The second kappa shape index (κ2) is 3.94. The number of rotatable bonds is 4. The number of nitrogens with zero attached hydrogens (tertiary/aromatic N) is 1. The summed E-state index contributed by atoms with van der Waals surface area (Å²) in [5.41, 5.74) is 0. The quantitative estimate of drug-likeness (QED) is 0.720. The molecule has 1 saturated heterocycles. The molecule has 1 aliphatic heterocycles. The first-order chi connectivity index (χ1) is 7.01. The van der Waals surface area contributed by atoms with Gasteiger partial charge in [-0.05, 0) is 24.7 Å². The smallest absolute Gasteiger partial charge is 0.381 e. The zero-order chi connectivity index (χ0) is 11.1. The van der Waals surface area contributed by atoms with E-state index in [1.807, 2.05) is 6.92 Å². The second-order valence-electron chi connectivity index (χ2n) is 4.46. The van der Waals surface area contributed by atoms with Crippen LogP contribution in [-0.2, 0) is 4.74 Å². The van der Waals surface area contributed by atoms with Crippen LogP contribution in [0.5, 0.6) is 0 Å². The molecule has 88 valence electrons. The second-order valence-corrected chi connectivity index (χ2v) is 4.46. The first-order valence-corrected chi connectivity index (χ1v) is 5.38. The van der Waals surface area contributed by atoms with Gasteiger partial charge in [-0.2, -0.15) is 13.2 Å². The Labute approximate surface area is 87.4 Å². The van der Waals surface area contributed by atoms with Gasteiger partial charge in [0.05, 0.1) is 13.2 Å². The van der Waals surface area contributed by atoms with E-state index in [2.05, 4.69) is 0 Å². The van der Waals surface area contributed by atoms with Crippen molar-refractivity contribution in [2.75, 3.05) is 32.8 Å². The fraction of sp³-hybridized carbons (Fsp3) is 1.00. The third-order valence-electron chi connectivity index (χ3n) is 3.36. The SMILES string of the molecule is CCOC[C@@H]1[C@H]2CN(CC(F)(F)F)C[C@@H]12. The Morgan fingerprint density at radius 3 is 2.33 bits per heavy atom. The molecule has 1 aliphatic carbocycles. The standard InChI is InChI=1S/C10H16F3NO/c1-2-15-5-9-7-3-14(4-8(7)9)6-10(11,12)13/h7-9H,2-6H2,1H3/t7-,8+,9+. The molecule has 0 aromatic rings. The lowest BCUT2D eigenvalue weighted by atomic mass is 10.3. The average Bonchev–Trinajstić information content (AvgIpc) is 2.54. The molecule has 2 fully saturated rings. The highest BCUT2D eigenvalue weighted by Crippen LogP contribution is 2.52. The van der Waals surface area contributed by atoms with Crippen molar-refractivity contribution in [1.82, 2.24) is 4.90 Å². The number of hydrogen-bond acceptors (Lipinski definition) is 2. The normalized spacial score (nSPS) is 35.6. The summed E-state index contributed by atoms with van der Waals surface area (Å²) in [7, 11) is 0. The molecule has 0 aromatic heterocycles. The number of fused-ring (bicyclic) bond motifs is 1. The third kappa shape index (κ3) is 2.64. The molecule has 1 saturated carbocycles. The minimum atomic E-state index is -4.05. The van der Waals surface area contributed by atoms with E-state index in [4.69, 9.17) is 4.74 Å². The van der Waals surface area contributed by atoms with Gasteiger partial charge in [-0.15, -0.1) is 0 Å². The lowest BCUT2D eigenvalue weighted by Gasteiger charge is -2.20.